The molecule has 0 spiro atoms. The number of benzene rings is 1. The van der Waals surface area contributed by atoms with E-state index in [0.717, 1.165) is 0 Å². The van der Waals surface area contributed by atoms with E-state index < -0.39 is 11.8 Å². The van der Waals surface area contributed by atoms with Crippen molar-refractivity contribution in [1.82, 2.24) is 0 Å². The molecule has 0 heterocycles. The van der Waals surface area contributed by atoms with Crippen molar-refractivity contribution in [3.05, 3.63) is 27.5 Å². The first kappa shape index (κ1) is 11.0. The molecule has 0 unspecified atom stereocenters. The first-order valence-corrected chi connectivity index (χ1v) is 4.60. The Balaban J connectivity index is 3.40. The lowest BCUT2D eigenvalue weighted by Gasteiger charge is -2.08. The molecule has 5 heteroatoms. The third-order valence-corrected chi connectivity index (χ3v) is 2.74. The summed E-state index contributed by atoms with van der Waals surface area (Å²) >= 11 is 3.17. The number of anilines is 1. The van der Waals surface area contributed by atoms with E-state index in [0.29, 0.717) is 10.0 Å². The number of rotatable bonds is 1. The van der Waals surface area contributed by atoms with Crippen LogP contribution in [0.1, 0.15) is 15.9 Å². The van der Waals surface area contributed by atoms with Crippen molar-refractivity contribution in [2.45, 2.75) is 6.92 Å². The van der Waals surface area contributed by atoms with Gasteiger partial charge in [-0.3, -0.25) is 0 Å². The minimum absolute atomic E-state index is 0.0419. The molecule has 76 valence electrons. The molecule has 0 saturated heterocycles. The van der Waals surface area contributed by atoms with Gasteiger partial charge in [0.05, 0.1) is 18.4 Å². The van der Waals surface area contributed by atoms with Crippen LogP contribution in [0.4, 0.5) is 10.1 Å². The van der Waals surface area contributed by atoms with Gasteiger partial charge in [0.2, 0.25) is 0 Å². The summed E-state index contributed by atoms with van der Waals surface area (Å²) < 4.78 is 18.4. The van der Waals surface area contributed by atoms with Gasteiger partial charge in [-0.25, -0.2) is 9.18 Å². The van der Waals surface area contributed by atoms with Crippen LogP contribution < -0.4 is 5.73 Å². The zero-order chi connectivity index (χ0) is 10.9. The van der Waals surface area contributed by atoms with Gasteiger partial charge in [-0.15, -0.1) is 0 Å². The molecule has 0 aliphatic carbocycles. The molecule has 14 heavy (non-hydrogen) atoms. The van der Waals surface area contributed by atoms with E-state index in [1.165, 1.54) is 13.2 Å². The Labute approximate surface area is 89.2 Å². The molecular weight excluding hydrogens is 253 g/mol. The standard InChI is InChI=1S/C9H9BrFNO2/c1-4-6(10)3-5(9(13)14-2)7(11)8(4)12/h3H,12H2,1-2H3. The molecule has 0 fully saturated rings. The summed E-state index contributed by atoms with van der Waals surface area (Å²) in [6.45, 7) is 1.66. The lowest BCUT2D eigenvalue weighted by molar-refractivity contribution is 0.0595. The second kappa shape index (κ2) is 3.96. The Morgan fingerprint density at radius 1 is 1.64 bits per heavy atom. The summed E-state index contributed by atoms with van der Waals surface area (Å²) in [5.41, 5.74) is 5.82. The van der Waals surface area contributed by atoms with Crippen molar-refractivity contribution in [3.8, 4) is 0 Å². The summed E-state index contributed by atoms with van der Waals surface area (Å²) in [7, 11) is 1.19. The van der Waals surface area contributed by atoms with Crippen LogP contribution in [0.15, 0.2) is 10.5 Å². The van der Waals surface area contributed by atoms with Gasteiger partial charge in [0.25, 0.3) is 0 Å². The number of carbonyl (C=O) groups excluding carboxylic acids is 1. The van der Waals surface area contributed by atoms with Crippen molar-refractivity contribution >= 4 is 27.6 Å². The van der Waals surface area contributed by atoms with Gasteiger partial charge in [0.15, 0.2) is 5.82 Å². The number of hydrogen-bond acceptors (Lipinski definition) is 3. The fraction of sp³-hybridized carbons (Fsp3) is 0.222. The first-order valence-electron chi connectivity index (χ1n) is 3.81. The van der Waals surface area contributed by atoms with Crippen molar-refractivity contribution in [2.75, 3.05) is 12.8 Å². The average Bonchev–Trinajstić information content (AvgIpc) is 2.19. The Morgan fingerprint density at radius 2 is 2.21 bits per heavy atom. The molecule has 0 atom stereocenters. The molecule has 0 aliphatic heterocycles. The maximum absolute atomic E-state index is 13.4. The lowest BCUT2D eigenvalue weighted by atomic mass is 10.1. The highest BCUT2D eigenvalue weighted by Gasteiger charge is 2.17. The highest BCUT2D eigenvalue weighted by atomic mass is 79.9. The van der Waals surface area contributed by atoms with Crippen LogP contribution in [0.25, 0.3) is 0 Å². The number of nitrogens with two attached hydrogens (primary N) is 1. The molecule has 3 nitrogen and oxygen atoms in total. The summed E-state index contributed by atoms with van der Waals surface area (Å²) in [4.78, 5) is 11.1. The van der Waals surface area contributed by atoms with Crippen LogP contribution in [0.3, 0.4) is 0 Å². The fourth-order valence-corrected chi connectivity index (χ4v) is 1.44. The van der Waals surface area contributed by atoms with Gasteiger partial charge < -0.3 is 10.5 Å². The Bertz CT molecular complexity index is 393. The number of ether oxygens (including phenoxy) is 1. The molecule has 0 saturated carbocycles. The lowest BCUT2D eigenvalue weighted by Crippen LogP contribution is -2.08. The van der Waals surface area contributed by atoms with Gasteiger partial charge >= 0.3 is 5.97 Å². The largest absolute Gasteiger partial charge is 0.465 e. The Hall–Kier alpha value is -1.10. The molecule has 2 N–H and O–H groups in total. The van der Waals surface area contributed by atoms with E-state index >= 15 is 0 Å². The quantitative estimate of drug-likeness (QED) is 0.623. The topological polar surface area (TPSA) is 52.3 Å². The third-order valence-electron chi connectivity index (χ3n) is 1.91. The van der Waals surface area contributed by atoms with E-state index in [1.807, 2.05) is 0 Å². The number of halogens is 2. The number of hydrogen-bond donors (Lipinski definition) is 1. The minimum Gasteiger partial charge on any atom is -0.465 e. The molecule has 1 rings (SSSR count). The van der Waals surface area contributed by atoms with Gasteiger partial charge in [0, 0.05) is 4.47 Å². The van der Waals surface area contributed by atoms with Crippen LogP contribution in [0.5, 0.6) is 0 Å². The Morgan fingerprint density at radius 3 is 2.71 bits per heavy atom. The van der Waals surface area contributed by atoms with Crippen LogP contribution in [0.2, 0.25) is 0 Å². The summed E-state index contributed by atoms with van der Waals surface area (Å²) in [5, 5.41) is 0. The van der Waals surface area contributed by atoms with Crippen molar-refractivity contribution < 1.29 is 13.9 Å². The summed E-state index contributed by atoms with van der Waals surface area (Å²) in [6, 6.07) is 1.35. The molecule has 0 amide bonds. The summed E-state index contributed by atoms with van der Waals surface area (Å²) in [6.07, 6.45) is 0. The van der Waals surface area contributed by atoms with Crippen LogP contribution >= 0.6 is 15.9 Å². The van der Waals surface area contributed by atoms with Crippen molar-refractivity contribution in [2.24, 2.45) is 0 Å². The number of esters is 1. The van der Waals surface area contributed by atoms with Gasteiger partial charge in [-0.1, -0.05) is 15.9 Å². The van der Waals surface area contributed by atoms with Crippen molar-refractivity contribution in [3.63, 3.8) is 0 Å². The molecule has 0 aliphatic rings. The zero-order valence-corrected chi connectivity index (χ0v) is 9.31. The maximum atomic E-state index is 13.4. The van der Waals surface area contributed by atoms with E-state index in [9.17, 15) is 9.18 Å². The number of nitrogen functional groups attached to an aromatic ring is 1. The smallest absolute Gasteiger partial charge is 0.340 e. The SMILES string of the molecule is COC(=O)c1cc(Br)c(C)c(N)c1F. The Kier molecular flexibility index (Phi) is 3.10. The molecule has 1 aromatic carbocycles. The van der Waals surface area contributed by atoms with Gasteiger partial charge in [-0.05, 0) is 18.6 Å². The first-order chi connectivity index (χ1) is 6.49. The zero-order valence-electron chi connectivity index (χ0n) is 7.73. The molecular formula is C9H9BrFNO2. The van der Waals surface area contributed by atoms with E-state index in [4.69, 9.17) is 5.73 Å². The van der Waals surface area contributed by atoms with Crippen molar-refractivity contribution in [1.29, 1.82) is 0 Å². The van der Waals surface area contributed by atoms with Crippen LogP contribution in [0, 0.1) is 12.7 Å². The minimum atomic E-state index is -0.741. The predicted molar refractivity (Wildman–Crippen MR) is 54.6 cm³/mol. The number of methoxy groups -OCH3 is 1. The van der Waals surface area contributed by atoms with Crippen LogP contribution in [-0.4, -0.2) is 13.1 Å². The average molecular weight is 262 g/mol. The van der Waals surface area contributed by atoms with E-state index in [-0.39, 0.29) is 11.3 Å². The van der Waals surface area contributed by atoms with E-state index in [2.05, 4.69) is 20.7 Å². The second-order valence-corrected chi connectivity index (χ2v) is 3.60. The molecule has 0 radical (unpaired) electrons. The molecule has 0 aromatic heterocycles. The monoisotopic (exact) mass is 261 g/mol. The molecule has 0 bridgehead atoms. The summed E-state index contributed by atoms with van der Waals surface area (Å²) in [5.74, 6) is -1.48. The maximum Gasteiger partial charge on any atom is 0.340 e. The number of carbonyl (C=O) groups is 1. The highest BCUT2D eigenvalue weighted by molar-refractivity contribution is 9.10. The predicted octanol–water partition coefficient (Wildman–Crippen LogP) is 2.27. The van der Waals surface area contributed by atoms with Gasteiger partial charge in [-0.2, -0.15) is 0 Å². The van der Waals surface area contributed by atoms with E-state index in [1.54, 1.807) is 6.92 Å². The normalized spacial score (nSPS) is 10.0. The fourth-order valence-electron chi connectivity index (χ4n) is 0.995. The van der Waals surface area contributed by atoms with Crippen LogP contribution in [-0.2, 0) is 4.74 Å². The molecule has 1 aromatic rings. The van der Waals surface area contributed by atoms with Gasteiger partial charge in [0.1, 0.15) is 0 Å². The highest BCUT2D eigenvalue weighted by Crippen LogP contribution is 2.27. The second-order valence-electron chi connectivity index (χ2n) is 2.75. The third kappa shape index (κ3) is 1.72.